The number of hydrogen-bond donors (Lipinski definition) is 4. The van der Waals surface area contributed by atoms with Crippen LogP contribution in [-0.4, -0.2) is 23.0 Å². The van der Waals surface area contributed by atoms with Crippen molar-refractivity contribution in [3.63, 3.8) is 0 Å². The fraction of sp³-hybridized carbons (Fsp3) is 0.353. The molecule has 2 atom stereocenters. The molecule has 3 rings (SSSR count). The molecule has 1 aliphatic rings. The van der Waals surface area contributed by atoms with Crippen molar-refractivity contribution in [2.45, 2.75) is 37.8 Å². The zero-order chi connectivity index (χ0) is 16.9. The molecule has 8 heteroatoms. The Bertz CT molecular complexity index is 712. The third-order valence-corrected chi connectivity index (χ3v) is 4.22. The number of H-pyrrole nitrogens is 1. The molecule has 0 aliphatic heterocycles. The summed E-state index contributed by atoms with van der Waals surface area (Å²) in [5, 5.41) is 6.45. The Balaban J connectivity index is 0.00000225. The Hall–Kier alpha value is -2.01. The van der Waals surface area contributed by atoms with Crippen LogP contribution in [0.25, 0.3) is 0 Å². The van der Waals surface area contributed by atoms with E-state index in [4.69, 9.17) is 11.5 Å². The SMILES string of the molecule is NC(=O)c1c[nH+]c(NC2CCCCC2N)nc1Nc1cc[c-]cc1.[Re]. The second-order valence-electron chi connectivity index (χ2n) is 5.99. The van der Waals surface area contributed by atoms with Crippen LogP contribution in [0.1, 0.15) is 36.0 Å². The van der Waals surface area contributed by atoms with E-state index in [0.29, 0.717) is 17.3 Å². The molecule has 25 heavy (non-hydrogen) atoms. The fourth-order valence-corrected chi connectivity index (χ4v) is 2.89. The Kier molecular flexibility index (Phi) is 6.88. The zero-order valence-corrected chi connectivity index (χ0v) is 16.5. The number of nitrogens with zero attached hydrogens (tertiary/aromatic N) is 1. The molecule has 0 spiro atoms. The maximum atomic E-state index is 11.6. The molecule has 0 saturated heterocycles. The number of carbonyl (C=O) groups excluding carboxylic acids is 1. The van der Waals surface area contributed by atoms with Crippen LogP contribution in [-0.2, 0) is 20.4 Å². The number of benzene rings is 1. The van der Waals surface area contributed by atoms with E-state index in [1.807, 2.05) is 12.1 Å². The molecule has 2 aromatic rings. The molecule has 7 N–H and O–H groups in total. The normalized spacial score (nSPS) is 19.6. The van der Waals surface area contributed by atoms with Gasteiger partial charge in [0.05, 0.1) is 12.2 Å². The van der Waals surface area contributed by atoms with E-state index in [-0.39, 0.29) is 32.5 Å². The molecule has 1 amide bonds. The second-order valence-corrected chi connectivity index (χ2v) is 5.99. The molecule has 1 saturated carbocycles. The van der Waals surface area contributed by atoms with Gasteiger partial charge in [-0.05, 0) is 19.3 Å². The van der Waals surface area contributed by atoms with Gasteiger partial charge < -0.3 is 16.8 Å². The average molecular weight is 513 g/mol. The maximum absolute atomic E-state index is 11.6. The van der Waals surface area contributed by atoms with Crippen LogP contribution in [0.2, 0.25) is 0 Å². The number of aromatic nitrogens is 2. The van der Waals surface area contributed by atoms with Crippen molar-refractivity contribution >= 4 is 23.4 Å². The molecule has 1 heterocycles. The topological polar surface area (TPSA) is 120 Å². The van der Waals surface area contributed by atoms with Gasteiger partial charge in [-0.3, -0.25) is 10.1 Å². The van der Waals surface area contributed by atoms with E-state index in [1.54, 1.807) is 18.3 Å². The van der Waals surface area contributed by atoms with E-state index in [0.717, 1.165) is 31.4 Å². The van der Waals surface area contributed by atoms with E-state index >= 15 is 0 Å². The first kappa shape index (κ1) is 19.3. The van der Waals surface area contributed by atoms with Crippen molar-refractivity contribution in [3.8, 4) is 0 Å². The molecular formula is C17H22N6ORe. The van der Waals surface area contributed by atoms with E-state index < -0.39 is 5.91 Å². The summed E-state index contributed by atoms with van der Waals surface area (Å²) in [5.74, 6) is 0.413. The Morgan fingerprint density at radius 3 is 2.68 bits per heavy atom. The maximum Gasteiger partial charge on any atom is 0.391 e. The van der Waals surface area contributed by atoms with Crippen molar-refractivity contribution in [2.75, 3.05) is 10.6 Å². The van der Waals surface area contributed by atoms with Crippen LogP contribution < -0.4 is 27.1 Å². The van der Waals surface area contributed by atoms with Gasteiger partial charge in [0.15, 0.2) is 0 Å². The Morgan fingerprint density at radius 2 is 2.00 bits per heavy atom. The molecule has 1 aliphatic carbocycles. The number of anilines is 3. The summed E-state index contributed by atoms with van der Waals surface area (Å²) in [5.41, 5.74) is 12.7. The minimum atomic E-state index is -0.551. The van der Waals surface area contributed by atoms with Gasteiger partial charge >= 0.3 is 5.95 Å². The summed E-state index contributed by atoms with van der Waals surface area (Å²) in [7, 11) is 0. The Labute approximate surface area is 160 Å². The van der Waals surface area contributed by atoms with Crippen LogP contribution in [0.5, 0.6) is 0 Å². The smallest absolute Gasteiger partial charge is 0.365 e. The van der Waals surface area contributed by atoms with Crippen LogP contribution in [0, 0.1) is 6.07 Å². The van der Waals surface area contributed by atoms with Gasteiger partial charge in [-0.1, -0.05) is 17.1 Å². The minimum absolute atomic E-state index is 0. The van der Waals surface area contributed by atoms with Crippen LogP contribution in [0.15, 0.2) is 30.5 Å². The quantitative estimate of drug-likeness (QED) is 0.449. The minimum Gasteiger partial charge on any atom is -0.365 e. The van der Waals surface area contributed by atoms with Crippen molar-refractivity contribution in [1.82, 2.24) is 4.98 Å². The van der Waals surface area contributed by atoms with Crippen LogP contribution >= 0.6 is 0 Å². The van der Waals surface area contributed by atoms with Gasteiger partial charge in [-0.15, -0.1) is 12.1 Å². The second kappa shape index (κ2) is 8.90. The summed E-state index contributed by atoms with van der Waals surface area (Å²) in [4.78, 5) is 19.1. The molecular weight excluding hydrogens is 490 g/mol. The first-order valence-electron chi connectivity index (χ1n) is 8.11. The van der Waals surface area contributed by atoms with E-state index in [9.17, 15) is 4.79 Å². The summed E-state index contributed by atoms with van der Waals surface area (Å²) in [6.45, 7) is 0. The number of carbonyl (C=O) groups is 1. The predicted molar refractivity (Wildman–Crippen MR) is 91.7 cm³/mol. The van der Waals surface area contributed by atoms with E-state index in [1.165, 1.54) is 0 Å². The predicted octanol–water partition coefficient (Wildman–Crippen LogP) is 1.22. The number of nitrogens with one attached hydrogen (secondary N) is 3. The van der Waals surface area contributed by atoms with Gasteiger partial charge in [0.25, 0.3) is 5.91 Å². The third kappa shape index (κ3) is 4.98. The van der Waals surface area contributed by atoms with Crippen LogP contribution in [0.3, 0.4) is 0 Å². The standard InChI is InChI=1S/C17H21N6O.Re/c18-13-8-4-5-9-14(13)22-17-20-10-12(15(19)24)16(23-17)21-11-6-2-1-3-7-11;/h2-3,6-7,10,13-14H,4-5,8-9,18H2,(H2,19,24)(H2,20,21,22,23);/q-1;/p+1. The third-order valence-electron chi connectivity index (χ3n) is 4.22. The number of primary amides is 1. The molecule has 0 bridgehead atoms. The summed E-state index contributed by atoms with van der Waals surface area (Å²) in [6, 6.07) is 10.5. The van der Waals surface area contributed by atoms with Crippen molar-refractivity contribution in [3.05, 3.63) is 42.1 Å². The van der Waals surface area contributed by atoms with Gasteiger partial charge in [-0.25, -0.2) is 4.98 Å². The van der Waals surface area contributed by atoms with Gasteiger partial charge in [-0.2, -0.15) is 18.2 Å². The zero-order valence-electron chi connectivity index (χ0n) is 13.8. The summed E-state index contributed by atoms with van der Waals surface area (Å²) in [6.07, 6.45) is 5.88. The molecule has 1 aromatic carbocycles. The largest absolute Gasteiger partial charge is 0.391 e. The number of amides is 1. The fourth-order valence-electron chi connectivity index (χ4n) is 2.89. The number of rotatable bonds is 5. The molecule has 2 unspecified atom stereocenters. The van der Waals surface area contributed by atoms with E-state index in [2.05, 4.69) is 26.7 Å². The number of nitrogens with two attached hydrogens (primary N) is 2. The average Bonchev–Trinajstić information content (AvgIpc) is 2.58. The van der Waals surface area contributed by atoms with Crippen molar-refractivity contribution < 1.29 is 30.2 Å². The first-order chi connectivity index (χ1) is 11.6. The number of aromatic amines is 1. The van der Waals surface area contributed by atoms with Crippen molar-refractivity contribution in [1.29, 1.82) is 0 Å². The molecule has 1 radical (unpaired) electrons. The first-order valence-corrected chi connectivity index (χ1v) is 8.11. The Morgan fingerprint density at radius 1 is 1.28 bits per heavy atom. The number of hydrogen-bond acceptors (Lipinski definition) is 5. The molecule has 7 nitrogen and oxygen atoms in total. The summed E-state index contributed by atoms with van der Waals surface area (Å²) >= 11 is 0. The van der Waals surface area contributed by atoms with Gasteiger partial charge in [0.1, 0.15) is 5.56 Å². The summed E-state index contributed by atoms with van der Waals surface area (Å²) < 4.78 is 0. The molecule has 133 valence electrons. The molecule has 1 fully saturated rings. The van der Waals surface area contributed by atoms with Gasteiger partial charge in [0.2, 0.25) is 5.82 Å². The van der Waals surface area contributed by atoms with Gasteiger partial charge in [0, 0.05) is 26.5 Å². The monoisotopic (exact) mass is 513 g/mol. The van der Waals surface area contributed by atoms with Crippen molar-refractivity contribution in [2.24, 2.45) is 11.5 Å². The molecule has 1 aromatic heterocycles. The van der Waals surface area contributed by atoms with Crippen LogP contribution in [0.4, 0.5) is 17.5 Å².